The van der Waals surface area contributed by atoms with Gasteiger partial charge in [-0.2, -0.15) is 0 Å². The van der Waals surface area contributed by atoms with E-state index in [2.05, 4.69) is 20.2 Å². The van der Waals surface area contributed by atoms with E-state index in [9.17, 15) is 14.7 Å². The van der Waals surface area contributed by atoms with E-state index < -0.39 is 17.9 Å². The molecule has 0 aromatic carbocycles. The molecular weight excluding hydrogens is 328 g/mol. The number of carbonyl (C=O) groups is 2. The summed E-state index contributed by atoms with van der Waals surface area (Å²) in [7, 11) is 0. The van der Waals surface area contributed by atoms with Crippen molar-refractivity contribution in [1.82, 2.24) is 20.2 Å². The molecule has 0 spiro atoms. The van der Waals surface area contributed by atoms with Gasteiger partial charge in [0, 0.05) is 31.4 Å². The minimum absolute atomic E-state index is 0.125. The van der Waals surface area contributed by atoms with Gasteiger partial charge in [-0.15, -0.1) is 0 Å². The number of nitrogens with one attached hydrogen (secondary N) is 2. The number of amides is 1. The van der Waals surface area contributed by atoms with Gasteiger partial charge in [0.2, 0.25) is 0 Å². The van der Waals surface area contributed by atoms with Crippen molar-refractivity contribution in [3.63, 3.8) is 0 Å². The number of ether oxygens (including phenoxy) is 1. The van der Waals surface area contributed by atoms with Crippen molar-refractivity contribution in [1.29, 1.82) is 0 Å². The third kappa shape index (κ3) is 4.68. The topological polar surface area (TPSA) is 121 Å². The van der Waals surface area contributed by atoms with Gasteiger partial charge in [0.1, 0.15) is 18.1 Å². The monoisotopic (exact) mass is 348 g/mol. The molecule has 134 valence electrons. The first-order valence-corrected chi connectivity index (χ1v) is 8.00. The van der Waals surface area contributed by atoms with Crippen LogP contribution in [0.3, 0.4) is 0 Å². The highest BCUT2D eigenvalue weighted by molar-refractivity contribution is 5.96. The fraction of sp³-hybridized carbons (Fsp3) is 0.438. The number of aliphatic carboxylic acids is 1. The SMILES string of the molecule is O=C(N[C@@H](Cc1cnc[nH]1)C(=O)O)c1coc(CN2CCOCC2)c1. The first kappa shape index (κ1) is 17.2. The van der Waals surface area contributed by atoms with Gasteiger partial charge >= 0.3 is 5.97 Å². The second-order valence-electron chi connectivity index (χ2n) is 5.84. The molecule has 0 aliphatic carbocycles. The Bertz CT molecular complexity index is 706. The highest BCUT2D eigenvalue weighted by Crippen LogP contribution is 2.12. The summed E-state index contributed by atoms with van der Waals surface area (Å²) in [4.78, 5) is 32.5. The average molecular weight is 348 g/mol. The summed E-state index contributed by atoms with van der Waals surface area (Å²) >= 11 is 0. The summed E-state index contributed by atoms with van der Waals surface area (Å²) in [6.45, 7) is 3.58. The first-order valence-electron chi connectivity index (χ1n) is 8.00. The Balaban J connectivity index is 1.58. The standard InChI is InChI=1S/C16H20N4O5/c21-15(19-14(16(22)23)6-12-7-17-10-18-12)11-5-13(25-9-11)8-20-1-3-24-4-2-20/h5,7,9-10,14H,1-4,6,8H2,(H,17,18)(H,19,21)(H,22,23)/t14-/m0/s1. The van der Waals surface area contributed by atoms with E-state index in [1.807, 2.05) is 0 Å². The van der Waals surface area contributed by atoms with E-state index in [1.54, 1.807) is 6.07 Å². The Morgan fingerprint density at radius 3 is 2.88 bits per heavy atom. The lowest BCUT2D eigenvalue weighted by Gasteiger charge is -2.25. The summed E-state index contributed by atoms with van der Waals surface area (Å²) in [5.74, 6) is -0.934. The molecule has 1 atom stereocenters. The number of hydrogen-bond acceptors (Lipinski definition) is 6. The van der Waals surface area contributed by atoms with Crippen molar-refractivity contribution in [3.8, 4) is 0 Å². The smallest absolute Gasteiger partial charge is 0.326 e. The van der Waals surface area contributed by atoms with Crippen LogP contribution < -0.4 is 5.32 Å². The third-order valence-electron chi connectivity index (χ3n) is 3.98. The number of imidazole rings is 1. The first-order chi connectivity index (χ1) is 12.1. The molecule has 1 saturated heterocycles. The quantitative estimate of drug-likeness (QED) is 0.656. The zero-order chi connectivity index (χ0) is 17.6. The molecule has 1 aliphatic heterocycles. The zero-order valence-electron chi connectivity index (χ0n) is 13.6. The molecule has 9 nitrogen and oxygen atoms in total. The molecule has 1 fully saturated rings. The molecule has 3 rings (SSSR count). The second-order valence-corrected chi connectivity index (χ2v) is 5.84. The lowest BCUT2D eigenvalue weighted by atomic mass is 10.1. The molecule has 1 aliphatic rings. The third-order valence-corrected chi connectivity index (χ3v) is 3.98. The van der Waals surface area contributed by atoms with Crippen LogP contribution in [0.4, 0.5) is 0 Å². The number of carboxylic acid groups (broad SMARTS) is 1. The Morgan fingerprint density at radius 2 is 2.20 bits per heavy atom. The summed E-state index contributed by atoms with van der Waals surface area (Å²) in [5.41, 5.74) is 0.937. The minimum atomic E-state index is -1.11. The van der Waals surface area contributed by atoms with E-state index in [4.69, 9.17) is 9.15 Å². The van der Waals surface area contributed by atoms with Gasteiger partial charge < -0.3 is 24.6 Å². The summed E-state index contributed by atoms with van der Waals surface area (Å²) in [6, 6.07) is 0.588. The van der Waals surface area contributed by atoms with Crippen LogP contribution in [0.25, 0.3) is 0 Å². The molecule has 25 heavy (non-hydrogen) atoms. The Hall–Kier alpha value is -2.65. The van der Waals surface area contributed by atoms with Crippen LogP contribution in [0.2, 0.25) is 0 Å². The molecule has 1 amide bonds. The number of hydrogen-bond donors (Lipinski definition) is 3. The zero-order valence-corrected chi connectivity index (χ0v) is 13.6. The van der Waals surface area contributed by atoms with Crippen LogP contribution in [0.15, 0.2) is 29.3 Å². The largest absolute Gasteiger partial charge is 0.480 e. The summed E-state index contributed by atoms with van der Waals surface area (Å²) in [6.07, 6.45) is 4.46. The number of furan rings is 1. The molecule has 0 radical (unpaired) electrons. The minimum Gasteiger partial charge on any atom is -0.480 e. The van der Waals surface area contributed by atoms with Crippen LogP contribution in [0, 0.1) is 0 Å². The number of H-pyrrole nitrogens is 1. The van der Waals surface area contributed by atoms with Gasteiger partial charge in [-0.05, 0) is 6.07 Å². The van der Waals surface area contributed by atoms with Crippen LogP contribution in [-0.4, -0.2) is 64.2 Å². The maximum Gasteiger partial charge on any atom is 0.326 e. The highest BCUT2D eigenvalue weighted by atomic mass is 16.5. The molecule has 0 saturated carbocycles. The predicted molar refractivity (Wildman–Crippen MR) is 86.0 cm³/mol. The molecule has 3 N–H and O–H groups in total. The lowest BCUT2D eigenvalue weighted by Crippen LogP contribution is -2.42. The molecule has 0 bridgehead atoms. The van der Waals surface area contributed by atoms with Crippen molar-refractivity contribution in [3.05, 3.63) is 41.9 Å². The fourth-order valence-electron chi connectivity index (χ4n) is 2.62. The van der Waals surface area contributed by atoms with E-state index >= 15 is 0 Å². The lowest BCUT2D eigenvalue weighted by molar-refractivity contribution is -0.139. The maximum absolute atomic E-state index is 12.3. The van der Waals surface area contributed by atoms with Gasteiger partial charge in [0.15, 0.2) is 0 Å². The van der Waals surface area contributed by atoms with Gasteiger partial charge in [-0.1, -0.05) is 0 Å². The van der Waals surface area contributed by atoms with Crippen LogP contribution in [0.5, 0.6) is 0 Å². The average Bonchev–Trinajstić information content (AvgIpc) is 3.27. The number of carboxylic acids is 1. The van der Waals surface area contributed by atoms with Crippen LogP contribution in [-0.2, 0) is 22.5 Å². The number of carbonyl (C=O) groups excluding carboxylic acids is 1. The second kappa shape index (κ2) is 7.95. The molecule has 9 heteroatoms. The van der Waals surface area contributed by atoms with Gasteiger partial charge in [-0.3, -0.25) is 9.69 Å². The van der Waals surface area contributed by atoms with Crippen LogP contribution >= 0.6 is 0 Å². The van der Waals surface area contributed by atoms with Gasteiger partial charge in [0.25, 0.3) is 5.91 Å². The normalized spacial score (nSPS) is 16.5. The number of morpholine rings is 1. The Kier molecular flexibility index (Phi) is 5.46. The maximum atomic E-state index is 12.3. The fourth-order valence-corrected chi connectivity index (χ4v) is 2.62. The van der Waals surface area contributed by atoms with Gasteiger partial charge in [-0.25, -0.2) is 9.78 Å². The van der Waals surface area contributed by atoms with Crippen LogP contribution in [0.1, 0.15) is 21.8 Å². The number of nitrogens with zero attached hydrogens (tertiary/aromatic N) is 2. The molecular formula is C16H20N4O5. The van der Waals surface area contributed by atoms with E-state index in [1.165, 1.54) is 18.8 Å². The number of aromatic amines is 1. The molecule has 2 aromatic heterocycles. The molecule has 3 heterocycles. The van der Waals surface area contributed by atoms with E-state index in [0.717, 1.165) is 13.1 Å². The summed E-state index contributed by atoms with van der Waals surface area (Å²) in [5, 5.41) is 11.8. The number of rotatable bonds is 7. The van der Waals surface area contributed by atoms with Crippen molar-refractivity contribution in [2.24, 2.45) is 0 Å². The van der Waals surface area contributed by atoms with Crippen molar-refractivity contribution >= 4 is 11.9 Å². The Morgan fingerprint density at radius 1 is 1.40 bits per heavy atom. The van der Waals surface area contributed by atoms with E-state index in [0.29, 0.717) is 36.8 Å². The van der Waals surface area contributed by atoms with Gasteiger partial charge in [0.05, 0.1) is 31.6 Å². The highest BCUT2D eigenvalue weighted by Gasteiger charge is 2.23. The molecule has 0 unspecified atom stereocenters. The van der Waals surface area contributed by atoms with E-state index in [-0.39, 0.29) is 6.42 Å². The van der Waals surface area contributed by atoms with Crippen molar-refractivity contribution in [2.75, 3.05) is 26.3 Å². The predicted octanol–water partition coefficient (Wildman–Crippen LogP) is 0.261. The summed E-state index contributed by atoms with van der Waals surface area (Å²) < 4.78 is 10.7. The Labute approximate surface area is 144 Å². The molecule has 2 aromatic rings. The van der Waals surface area contributed by atoms with Crippen molar-refractivity contribution < 1.29 is 23.8 Å². The number of aromatic nitrogens is 2. The van der Waals surface area contributed by atoms with Crippen molar-refractivity contribution in [2.45, 2.75) is 19.0 Å².